The molecule has 0 aliphatic heterocycles. The molecule has 0 fully saturated rings. The van der Waals surface area contributed by atoms with E-state index in [2.05, 4.69) is 4.98 Å². The first-order valence-corrected chi connectivity index (χ1v) is 5.28. The number of halogens is 3. The Morgan fingerprint density at radius 3 is 2.62 bits per heavy atom. The number of rotatable bonds is 3. The number of nitrogens with zero attached hydrogens (tertiary/aromatic N) is 1. The molecule has 1 aromatic rings. The molecule has 7 heteroatoms. The summed E-state index contributed by atoms with van der Waals surface area (Å²) in [6, 6.07) is 0.762. The first-order valence-electron chi connectivity index (χ1n) is 4.29. The Morgan fingerprint density at radius 2 is 2.19 bits per heavy atom. The van der Waals surface area contributed by atoms with E-state index in [1.54, 1.807) is 6.92 Å². The van der Waals surface area contributed by atoms with Gasteiger partial charge < -0.3 is 5.11 Å². The SMILES string of the molecule is CCSc1cc(C(F)(F)F)ncc1C(=O)O. The van der Waals surface area contributed by atoms with Gasteiger partial charge in [0.25, 0.3) is 0 Å². The Balaban J connectivity index is 3.22. The highest BCUT2D eigenvalue weighted by atomic mass is 32.2. The van der Waals surface area contributed by atoms with Gasteiger partial charge in [0.2, 0.25) is 0 Å². The number of aromatic nitrogens is 1. The summed E-state index contributed by atoms with van der Waals surface area (Å²) in [5, 5.41) is 8.75. The van der Waals surface area contributed by atoms with Crippen LogP contribution in [-0.2, 0) is 6.18 Å². The van der Waals surface area contributed by atoms with Crippen LogP contribution in [0.4, 0.5) is 13.2 Å². The summed E-state index contributed by atoms with van der Waals surface area (Å²) < 4.78 is 37.0. The first-order chi connectivity index (χ1) is 7.36. The van der Waals surface area contributed by atoms with E-state index >= 15 is 0 Å². The van der Waals surface area contributed by atoms with Crippen LogP contribution in [0.2, 0.25) is 0 Å². The second-order valence-corrected chi connectivity index (χ2v) is 4.11. The van der Waals surface area contributed by atoms with Crippen LogP contribution in [0.1, 0.15) is 23.0 Å². The molecule has 1 N–H and O–H groups in total. The molecule has 0 aromatic carbocycles. The molecule has 1 rings (SSSR count). The van der Waals surface area contributed by atoms with E-state index in [-0.39, 0.29) is 10.5 Å². The molecule has 0 aliphatic rings. The second-order valence-electron chi connectivity index (χ2n) is 2.80. The minimum Gasteiger partial charge on any atom is -0.478 e. The summed E-state index contributed by atoms with van der Waals surface area (Å²) in [6.45, 7) is 1.73. The van der Waals surface area contributed by atoms with E-state index in [0.29, 0.717) is 5.75 Å². The monoisotopic (exact) mass is 251 g/mol. The molecular weight excluding hydrogens is 243 g/mol. The first kappa shape index (κ1) is 12.8. The van der Waals surface area contributed by atoms with Crippen LogP contribution in [0.25, 0.3) is 0 Å². The summed E-state index contributed by atoms with van der Waals surface area (Å²) in [7, 11) is 0. The number of carboxylic acid groups (broad SMARTS) is 1. The number of alkyl halides is 3. The van der Waals surface area contributed by atoms with Crippen LogP contribution < -0.4 is 0 Å². The average Bonchev–Trinajstić information content (AvgIpc) is 2.16. The van der Waals surface area contributed by atoms with Gasteiger partial charge in [-0.3, -0.25) is 4.98 Å². The Bertz CT molecular complexity index is 406. The zero-order chi connectivity index (χ0) is 12.3. The van der Waals surface area contributed by atoms with Crippen molar-refractivity contribution in [1.82, 2.24) is 4.98 Å². The van der Waals surface area contributed by atoms with Crippen molar-refractivity contribution >= 4 is 17.7 Å². The molecule has 0 aliphatic carbocycles. The van der Waals surface area contributed by atoms with Crippen LogP contribution >= 0.6 is 11.8 Å². The van der Waals surface area contributed by atoms with Crippen LogP contribution in [0.5, 0.6) is 0 Å². The maximum atomic E-state index is 12.3. The van der Waals surface area contributed by atoms with Crippen LogP contribution in [0.3, 0.4) is 0 Å². The van der Waals surface area contributed by atoms with Gasteiger partial charge in [0.1, 0.15) is 5.69 Å². The average molecular weight is 251 g/mol. The maximum absolute atomic E-state index is 12.3. The van der Waals surface area contributed by atoms with Crippen molar-refractivity contribution in [3.05, 3.63) is 23.5 Å². The maximum Gasteiger partial charge on any atom is 0.433 e. The van der Waals surface area contributed by atoms with Crippen LogP contribution in [0.15, 0.2) is 17.2 Å². The van der Waals surface area contributed by atoms with Gasteiger partial charge in [-0.25, -0.2) is 4.79 Å². The topological polar surface area (TPSA) is 50.2 Å². The Morgan fingerprint density at radius 1 is 1.56 bits per heavy atom. The molecule has 1 heterocycles. The predicted molar refractivity (Wildman–Crippen MR) is 52.6 cm³/mol. The molecule has 0 radical (unpaired) electrons. The predicted octanol–water partition coefficient (Wildman–Crippen LogP) is 2.91. The van der Waals surface area contributed by atoms with Crippen molar-refractivity contribution in [2.45, 2.75) is 18.0 Å². The van der Waals surface area contributed by atoms with Crippen molar-refractivity contribution in [3.8, 4) is 0 Å². The Hall–Kier alpha value is -1.24. The van der Waals surface area contributed by atoms with Crippen molar-refractivity contribution in [3.63, 3.8) is 0 Å². The highest BCUT2D eigenvalue weighted by Crippen LogP contribution is 2.31. The molecule has 0 amide bonds. The standard InChI is InChI=1S/C9H8F3NO2S/c1-2-16-6-3-7(9(10,11)12)13-4-5(6)8(14)15/h3-4H,2H2,1H3,(H,14,15). The fourth-order valence-electron chi connectivity index (χ4n) is 1.03. The zero-order valence-electron chi connectivity index (χ0n) is 8.21. The smallest absolute Gasteiger partial charge is 0.433 e. The van der Waals surface area contributed by atoms with Gasteiger partial charge in [-0.2, -0.15) is 13.2 Å². The number of hydrogen-bond donors (Lipinski definition) is 1. The third-order valence-electron chi connectivity index (χ3n) is 1.69. The zero-order valence-corrected chi connectivity index (χ0v) is 9.02. The summed E-state index contributed by atoms with van der Waals surface area (Å²) in [6.07, 6.45) is -3.82. The minimum atomic E-state index is -4.56. The van der Waals surface area contributed by atoms with E-state index in [1.807, 2.05) is 0 Å². The lowest BCUT2D eigenvalue weighted by atomic mass is 10.2. The highest BCUT2D eigenvalue weighted by Gasteiger charge is 2.33. The minimum absolute atomic E-state index is 0.0809. The molecule has 0 unspecified atom stereocenters. The van der Waals surface area contributed by atoms with Crippen molar-refractivity contribution in [2.24, 2.45) is 0 Å². The lowest BCUT2D eigenvalue weighted by Crippen LogP contribution is -2.10. The number of aromatic carboxylic acids is 1. The molecule has 0 saturated carbocycles. The third-order valence-corrected chi connectivity index (χ3v) is 2.62. The summed E-state index contributed by atoms with van der Waals surface area (Å²) in [4.78, 5) is 13.9. The van der Waals surface area contributed by atoms with E-state index in [4.69, 9.17) is 5.11 Å². The van der Waals surface area contributed by atoms with Gasteiger partial charge >= 0.3 is 12.1 Å². The van der Waals surface area contributed by atoms with Gasteiger partial charge in [-0.15, -0.1) is 11.8 Å². The Kier molecular flexibility index (Phi) is 3.79. The van der Waals surface area contributed by atoms with Crippen LogP contribution in [0, 0.1) is 0 Å². The lowest BCUT2D eigenvalue weighted by Gasteiger charge is -2.09. The summed E-state index contributed by atoms with van der Waals surface area (Å²) >= 11 is 1.04. The summed E-state index contributed by atoms with van der Waals surface area (Å²) in [5.41, 5.74) is -1.28. The van der Waals surface area contributed by atoms with Crippen molar-refractivity contribution in [2.75, 3.05) is 5.75 Å². The van der Waals surface area contributed by atoms with Crippen molar-refractivity contribution in [1.29, 1.82) is 0 Å². The van der Waals surface area contributed by atoms with Gasteiger partial charge in [-0.05, 0) is 11.8 Å². The second kappa shape index (κ2) is 4.73. The molecule has 0 spiro atoms. The van der Waals surface area contributed by atoms with E-state index in [0.717, 1.165) is 24.0 Å². The number of carboxylic acids is 1. The number of carbonyl (C=O) groups is 1. The summed E-state index contributed by atoms with van der Waals surface area (Å²) in [5.74, 6) is -0.793. The fraction of sp³-hybridized carbons (Fsp3) is 0.333. The largest absolute Gasteiger partial charge is 0.478 e. The Labute approximate surface area is 93.7 Å². The van der Waals surface area contributed by atoms with E-state index in [9.17, 15) is 18.0 Å². The number of hydrogen-bond acceptors (Lipinski definition) is 3. The van der Waals surface area contributed by atoms with E-state index in [1.165, 1.54) is 0 Å². The molecular formula is C9H8F3NO2S. The molecule has 1 aromatic heterocycles. The molecule has 16 heavy (non-hydrogen) atoms. The quantitative estimate of drug-likeness (QED) is 0.839. The normalized spacial score (nSPS) is 11.5. The lowest BCUT2D eigenvalue weighted by molar-refractivity contribution is -0.141. The molecule has 0 atom stereocenters. The third kappa shape index (κ3) is 2.88. The molecule has 3 nitrogen and oxygen atoms in total. The van der Waals surface area contributed by atoms with E-state index < -0.39 is 17.8 Å². The van der Waals surface area contributed by atoms with Gasteiger partial charge in [0.15, 0.2) is 0 Å². The van der Waals surface area contributed by atoms with Gasteiger partial charge in [0.05, 0.1) is 5.56 Å². The molecule has 0 bridgehead atoms. The van der Waals surface area contributed by atoms with Gasteiger partial charge in [-0.1, -0.05) is 6.92 Å². The number of thioether (sulfide) groups is 1. The molecule has 88 valence electrons. The highest BCUT2D eigenvalue weighted by molar-refractivity contribution is 7.99. The number of pyridine rings is 1. The molecule has 0 saturated heterocycles. The van der Waals surface area contributed by atoms with Crippen LogP contribution in [-0.4, -0.2) is 21.8 Å². The van der Waals surface area contributed by atoms with Gasteiger partial charge in [0, 0.05) is 11.1 Å². The fourth-order valence-corrected chi connectivity index (χ4v) is 1.83. The van der Waals surface area contributed by atoms with Crippen molar-refractivity contribution < 1.29 is 23.1 Å².